The molecule has 0 saturated heterocycles. The number of allylic oxidation sites excluding steroid dienone is 1. The second kappa shape index (κ2) is 7.83. The van der Waals surface area contributed by atoms with E-state index in [9.17, 15) is 4.79 Å². The van der Waals surface area contributed by atoms with Crippen LogP contribution in [0, 0.1) is 40.4 Å². The van der Waals surface area contributed by atoms with Gasteiger partial charge in [-0.25, -0.2) is 0 Å². The second-order valence-corrected chi connectivity index (χ2v) is 18.5. The molecule has 31 heavy (non-hydrogen) atoms. The van der Waals surface area contributed by atoms with E-state index in [0.29, 0.717) is 22.9 Å². The second-order valence-electron chi connectivity index (χ2n) is 13.7. The maximum absolute atomic E-state index is 11.6. The normalized spacial score (nSPS) is 44.0. The lowest BCUT2D eigenvalue weighted by Crippen LogP contribution is -2.52. The van der Waals surface area contributed by atoms with Gasteiger partial charge in [0.1, 0.15) is 6.29 Å². The number of hydrogen-bond donors (Lipinski definition) is 0. The van der Waals surface area contributed by atoms with Crippen LogP contribution >= 0.6 is 0 Å². The highest BCUT2D eigenvalue weighted by atomic mass is 28.4. The van der Waals surface area contributed by atoms with Crippen LogP contribution in [0.2, 0.25) is 18.1 Å². The minimum absolute atomic E-state index is 0.222. The maximum atomic E-state index is 11.6. The van der Waals surface area contributed by atoms with Crippen LogP contribution in [0.25, 0.3) is 0 Å². The Bertz CT molecular complexity index is 734. The molecule has 1 unspecified atom stereocenters. The SMILES string of the molecule is C[C@@H](C=O)[C@H]1CC[C@H]2C3CC=C4C[C@@H](O[Si](C)(C)C(C)(C)C)CC[C@]4(C)[C@H]3CC[C@]12C. The lowest BCUT2D eigenvalue weighted by atomic mass is 9.47. The Balaban J connectivity index is 1.53. The van der Waals surface area contributed by atoms with E-state index in [1.165, 1.54) is 57.7 Å². The fourth-order valence-electron chi connectivity index (χ4n) is 8.32. The van der Waals surface area contributed by atoms with Crippen LogP contribution in [0.1, 0.15) is 92.9 Å². The van der Waals surface area contributed by atoms with Gasteiger partial charge in [0.25, 0.3) is 0 Å². The summed E-state index contributed by atoms with van der Waals surface area (Å²) in [5.74, 6) is 3.30. The van der Waals surface area contributed by atoms with Crippen LogP contribution in [-0.2, 0) is 9.22 Å². The topological polar surface area (TPSA) is 26.3 Å². The van der Waals surface area contributed by atoms with Gasteiger partial charge in [-0.1, -0.05) is 53.2 Å². The molecule has 0 aliphatic heterocycles. The number of carbonyl (C=O) groups is 1. The molecule has 3 fully saturated rings. The number of carbonyl (C=O) groups excluding carboxylic acids is 1. The van der Waals surface area contributed by atoms with E-state index in [1.54, 1.807) is 5.57 Å². The Hall–Kier alpha value is -0.413. The van der Waals surface area contributed by atoms with Crippen molar-refractivity contribution in [3.8, 4) is 0 Å². The summed E-state index contributed by atoms with van der Waals surface area (Å²) in [7, 11) is -1.71. The van der Waals surface area contributed by atoms with Gasteiger partial charge < -0.3 is 9.22 Å². The Morgan fingerprint density at radius 3 is 2.45 bits per heavy atom. The van der Waals surface area contributed by atoms with Crippen molar-refractivity contribution in [3.05, 3.63) is 11.6 Å². The van der Waals surface area contributed by atoms with Gasteiger partial charge in [-0.2, -0.15) is 0 Å². The summed E-state index contributed by atoms with van der Waals surface area (Å²) in [5.41, 5.74) is 2.49. The first-order valence-corrected chi connectivity index (χ1v) is 16.1. The van der Waals surface area contributed by atoms with Crippen LogP contribution in [0.5, 0.6) is 0 Å². The number of hydrogen-bond acceptors (Lipinski definition) is 2. The van der Waals surface area contributed by atoms with Crippen molar-refractivity contribution in [1.82, 2.24) is 0 Å². The third-order valence-corrected chi connectivity index (χ3v) is 15.8. The van der Waals surface area contributed by atoms with Gasteiger partial charge in [-0.3, -0.25) is 0 Å². The Morgan fingerprint density at radius 2 is 1.81 bits per heavy atom. The molecule has 0 aromatic carbocycles. The van der Waals surface area contributed by atoms with E-state index in [-0.39, 0.29) is 11.0 Å². The minimum Gasteiger partial charge on any atom is -0.414 e. The predicted molar refractivity (Wildman–Crippen MR) is 132 cm³/mol. The molecule has 0 spiro atoms. The molecule has 4 rings (SSSR count). The highest BCUT2D eigenvalue weighted by Gasteiger charge is 2.59. The quantitative estimate of drug-likeness (QED) is 0.251. The molecule has 0 bridgehead atoms. The molecule has 0 amide bonds. The Labute approximate surface area is 193 Å². The summed E-state index contributed by atoms with van der Waals surface area (Å²) < 4.78 is 6.88. The molecule has 3 heteroatoms. The zero-order valence-electron chi connectivity index (χ0n) is 21.6. The first-order chi connectivity index (χ1) is 14.3. The van der Waals surface area contributed by atoms with Crippen LogP contribution in [0.3, 0.4) is 0 Å². The zero-order chi connectivity index (χ0) is 22.8. The van der Waals surface area contributed by atoms with E-state index in [2.05, 4.69) is 60.7 Å². The van der Waals surface area contributed by atoms with Gasteiger partial charge in [0.15, 0.2) is 8.32 Å². The molecule has 0 radical (unpaired) electrons. The van der Waals surface area contributed by atoms with Crippen LogP contribution in [0.4, 0.5) is 0 Å². The maximum Gasteiger partial charge on any atom is 0.192 e. The first-order valence-electron chi connectivity index (χ1n) is 13.2. The summed E-state index contributed by atoms with van der Waals surface area (Å²) >= 11 is 0. The highest BCUT2D eigenvalue weighted by molar-refractivity contribution is 6.74. The molecule has 0 N–H and O–H groups in total. The van der Waals surface area contributed by atoms with E-state index >= 15 is 0 Å². The summed E-state index contributed by atoms with van der Waals surface area (Å²) in [6.07, 6.45) is 14.6. The fourth-order valence-corrected chi connectivity index (χ4v) is 9.71. The van der Waals surface area contributed by atoms with Crippen molar-refractivity contribution in [3.63, 3.8) is 0 Å². The molecule has 4 aliphatic rings. The molecule has 3 saturated carbocycles. The number of fused-ring (bicyclic) bond motifs is 5. The average molecular weight is 445 g/mol. The zero-order valence-corrected chi connectivity index (χ0v) is 22.6. The predicted octanol–water partition coefficient (Wildman–Crippen LogP) is 7.79. The highest BCUT2D eigenvalue weighted by Crippen LogP contribution is 2.67. The molecule has 2 nitrogen and oxygen atoms in total. The molecule has 8 atom stereocenters. The lowest BCUT2D eigenvalue weighted by molar-refractivity contribution is -0.115. The van der Waals surface area contributed by atoms with E-state index in [0.717, 1.165) is 17.8 Å². The summed E-state index contributed by atoms with van der Waals surface area (Å²) in [4.78, 5) is 11.6. The van der Waals surface area contributed by atoms with E-state index in [4.69, 9.17) is 4.43 Å². The summed E-state index contributed by atoms with van der Waals surface area (Å²) in [6.45, 7) is 19.2. The van der Waals surface area contributed by atoms with Gasteiger partial charge in [0, 0.05) is 12.0 Å². The van der Waals surface area contributed by atoms with Gasteiger partial charge in [0.2, 0.25) is 0 Å². The van der Waals surface area contributed by atoms with Crippen molar-refractivity contribution in [2.75, 3.05) is 0 Å². The first kappa shape index (κ1) is 23.7. The van der Waals surface area contributed by atoms with Gasteiger partial charge in [-0.05, 0) is 104 Å². The Kier molecular flexibility index (Phi) is 5.99. The molecule has 0 heterocycles. The number of aldehydes is 1. The third kappa shape index (κ3) is 3.74. The van der Waals surface area contributed by atoms with Crippen molar-refractivity contribution in [2.45, 2.75) is 117 Å². The van der Waals surface area contributed by atoms with Gasteiger partial charge >= 0.3 is 0 Å². The average Bonchev–Trinajstić information content (AvgIpc) is 3.04. The Morgan fingerprint density at radius 1 is 1.10 bits per heavy atom. The van der Waals surface area contributed by atoms with Crippen LogP contribution < -0.4 is 0 Å². The van der Waals surface area contributed by atoms with E-state index in [1.807, 2.05) is 0 Å². The molecule has 0 aromatic heterocycles. The van der Waals surface area contributed by atoms with Crippen molar-refractivity contribution < 1.29 is 9.22 Å². The molecular weight excluding hydrogens is 396 g/mol. The lowest BCUT2D eigenvalue weighted by Gasteiger charge is -2.58. The molecule has 4 aliphatic carbocycles. The summed E-state index contributed by atoms with van der Waals surface area (Å²) in [6, 6.07) is 0. The van der Waals surface area contributed by atoms with Gasteiger partial charge in [-0.15, -0.1) is 0 Å². The van der Waals surface area contributed by atoms with Crippen LogP contribution in [-0.4, -0.2) is 20.7 Å². The van der Waals surface area contributed by atoms with Crippen molar-refractivity contribution >= 4 is 14.6 Å². The molecule has 176 valence electrons. The smallest absolute Gasteiger partial charge is 0.192 e. The standard InChI is InChI=1S/C28H48O2Si/c1-19(18-29)23-11-12-24-22-10-9-20-17-21(30-31(7,8)26(2,3)4)13-15-27(20,5)25(22)14-16-28(23,24)6/h9,18-19,21-25H,10-17H2,1-8H3/t19-,21-,22?,23+,24-,25-,27-,28+/m0/s1. The fraction of sp³-hybridized carbons (Fsp3) is 0.893. The third-order valence-electron chi connectivity index (χ3n) is 11.2. The van der Waals surface area contributed by atoms with Crippen molar-refractivity contribution in [1.29, 1.82) is 0 Å². The number of rotatable bonds is 4. The monoisotopic (exact) mass is 444 g/mol. The van der Waals surface area contributed by atoms with Crippen LogP contribution in [0.15, 0.2) is 11.6 Å². The summed E-state index contributed by atoms with van der Waals surface area (Å²) in [5, 5.41) is 0.283. The van der Waals surface area contributed by atoms with Gasteiger partial charge in [0.05, 0.1) is 0 Å². The van der Waals surface area contributed by atoms with E-state index < -0.39 is 8.32 Å². The molecule has 0 aromatic rings. The largest absolute Gasteiger partial charge is 0.414 e. The molecular formula is C28H48O2Si. The minimum atomic E-state index is -1.71. The van der Waals surface area contributed by atoms with Crippen molar-refractivity contribution in [2.24, 2.45) is 40.4 Å².